The van der Waals surface area contributed by atoms with E-state index in [0.717, 1.165) is 11.3 Å². The van der Waals surface area contributed by atoms with Gasteiger partial charge in [0.2, 0.25) is 0 Å². The van der Waals surface area contributed by atoms with Crippen LogP contribution in [0, 0.1) is 0 Å². The Hall–Kier alpha value is -0.0100. The van der Waals surface area contributed by atoms with E-state index >= 15 is 0 Å². The quantitative estimate of drug-likeness (QED) is 0.894. The van der Waals surface area contributed by atoms with Crippen molar-refractivity contribution >= 4 is 36.2 Å². The molecule has 0 saturated carbocycles. The molecule has 1 saturated heterocycles. The second-order valence-corrected chi connectivity index (χ2v) is 5.59. The number of halogens is 5. The van der Waals surface area contributed by atoms with Gasteiger partial charge >= 0.3 is 6.18 Å². The maximum absolute atomic E-state index is 13.2. The highest BCUT2D eigenvalue weighted by Gasteiger charge is 2.45. The normalized spacial score (nSPS) is 18.0. The lowest BCUT2D eigenvalue weighted by Gasteiger charge is -2.35. The van der Waals surface area contributed by atoms with Gasteiger partial charge in [0.25, 0.3) is 0 Å². The number of piperazine rings is 1. The molecule has 1 aromatic rings. The van der Waals surface area contributed by atoms with E-state index in [1.54, 1.807) is 12.1 Å². The second kappa shape index (κ2) is 8.44. The first-order valence-corrected chi connectivity index (χ1v) is 6.94. The van der Waals surface area contributed by atoms with Gasteiger partial charge in [0.1, 0.15) is 6.04 Å². The molecule has 1 aromatic heterocycles. The summed E-state index contributed by atoms with van der Waals surface area (Å²) in [4.78, 5) is 2.96. The van der Waals surface area contributed by atoms with Crippen molar-refractivity contribution in [2.24, 2.45) is 0 Å². The lowest BCUT2D eigenvalue weighted by molar-refractivity contribution is -0.186. The van der Waals surface area contributed by atoms with Gasteiger partial charge in [-0.25, -0.2) is 0 Å². The monoisotopic (exact) mass is 350 g/mol. The molecule has 2 heterocycles. The molecule has 0 radical (unpaired) electrons. The summed E-state index contributed by atoms with van der Waals surface area (Å²) in [5.41, 5.74) is 0. The Kier molecular flexibility index (Phi) is 8.43. The maximum Gasteiger partial charge on any atom is 0.408 e. The summed E-state index contributed by atoms with van der Waals surface area (Å²) in [6, 6.07) is 2.00. The van der Waals surface area contributed by atoms with Gasteiger partial charge in [0, 0.05) is 35.9 Å². The number of hydrogen-bond donors (Lipinski definition) is 1. The van der Waals surface area contributed by atoms with Crippen molar-refractivity contribution in [1.82, 2.24) is 10.2 Å². The molecule has 1 fully saturated rings. The first-order valence-electron chi connectivity index (χ1n) is 6.12. The topological polar surface area (TPSA) is 15.3 Å². The van der Waals surface area contributed by atoms with E-state index in [9.17, 15) is 13.2 Å². The number of aryl methyl sites for hydroxylation is 1. The van der Waals surface area contributed by atoms with Gasteiger partial charge in [0.15, 0.2) is 0 Å². The number of hydrogen-bond acceptors (Lipinski definition) is 3. The van der Waals surface area contributed by atoms with Crippen LogP contribution < -0.4 is 5.32 Å². The fraction of sp³-hybridized carbons (Fsp3) is 0.667. The predicted octanol–water partition coefficient (Wildman–Crippen LogP) is 3.66. The zero-order chi connectivity index (χ0) is 13.2. The van der Waals surface area contributed by atoms with Crippen LogP contribution in [0.5, 0.6) is 0 Å². The Morgan fingerprint density at radius 1 is 1.25 bits per heavy atom. The van der Waals surface area contributed by atoms with E-state index in [-0.39, 0.29) is 24.8 Å². The zero-order valence-corrected chi connectivity index (χ0v) is 13.5. The van der Waals surface area contributed by atoms with Crippen LogP contribution in [-0.2, 0) is 6.42 Å². The zero-order valence-electron chi connectivity index (χ0n) is 11.1. The van der Waals surface area contributed by atoms with Crippen molar-refractivity contribution in [3.8, 4) is 0 Å². The van der Waals surface area contributed by atoms with Crippen molar-refractivity contribution in [2.45, 2.75) is 25.6 Å². The van der Waals surface area contributed by atoms with Crippen molar-refractivity contribution in [3.05, 3.63) is 21.9 Å². The molecule has 8 heteroatoms. The third-order valence-electron chi connectivity index (χ3n) is 3.13. The first-order chi connectivity index (χ1) is 8.52. The summed E-state index contributed by atoms with van der Waals surface area (Å²) in [5.74, 6) is 0. The molecule has 20 heavy (non-hydrogen) atoms. The lowest BCUT2D eigenvalue weighted by atomic mass is 10.1. The molecule has 1 atom stereocenters. The molecule has 1 aliphatic rings. The minimum atomic E-state index is -4.20. The summed E-state index contributed by atoms with van der Waals surface area (Å²) < 4.78 is 39.7. The van der Waals surface area contributed by atoms with Crippen LogP contribution >= 0.6 is 36.2 Å². The molecule has 0 aromatic carbocycles. The standard InChI is InChI=1S/C12H17F3N2S.2ClH/c1-2-9-3-4-10(18-9)11(12(13,14)15)17-7-5-16-6-8-17;;/h3-4,11,16H,2,5-8H2,1H3;2*1H/t11-;;/m1../s1. The minimum absolute atomic E-state index is 0. The molecule has 2 nitrogen and oxygen atoms in total. The Morgan fingerprint density at radius 2 is 1.85 bits per heavy atom. The molecule has 0 spiro atoms. The SMILES string of the molecule is CCc1ccc([C@@H](N2CCNCC2)C(F)(F)F)s1.Cl.Cl. The van der Waals surface area contributed by atoms with Crippen LogP contribution in [0.15, 0.2) is 12.1 Å². The lowest BCUT2D eigenvalue weighted by Crippen LogP contribution is -2.48. The third kappa shape index (κ3) is 4.77. The van der Waals surface area contributed by atoms with Gasteiger partial charge in [0.05, 0.1) is 0 Å². The van der Waals surface area contributed by atoms with Crippen LogP contribution in [0.3, 0.4) is 0 Å². The Morgan fingerprint density at radius 3 is 2.30 bits per heavy atom. The van der Waals surface area contributed by atoms with Gasteiger partial charge in [-0.05, 0) is 18.6 Å². The Balaban J connectivity index is 0.00000180. The van der Waals surface area contributed by atoms with Gasteiger partial charge in [-0.15, -0.1) is 36.2 Å². The Bertz CT molecular complexity index is 392. The van der Waals surface area contributed by atoms with Gasteiger partial charge in [-0.3, -0.25) is 4.90 Å². The summed E-state index contributed by atoms with van der Waals surface area (Å²) in [6.07, 6.45) is -3.41. The molecular weight excluding hydrogens is 332 g/mol. The number of rotatable bonds is 3. The van der Waals surface area contributed by atoms with Gasteiger partial charge in [-0.1, -0.05) is 6.92 Å². The van der Waals surface area contributed by atoms with Gasteiger partial charge < -0.3 is 5.32 Å². The largest absolute Gasteiger partial charge is 0.408 e. The van der Waals surface area contributed by atoms with Crippen LogP contribution in [0.2, 0.25) is 0 Å². The summed E-state index contributed by atoms with van der Waals surface area (Å²) in [6.45, 7) is 4.10. The van der Waals surface area contributed by atoms with Crippen LogP contribution in [0.25, 0.3) is 0 Å². The number of thiophene rings is 1. The molecule has 0 amide bonds. The van der Waals surface area contributed by atoms with Crippen LogP contribution in [0.4, 0.5) is 13.2 Å². The van der Waals surface area contributed by atoms with Crippen molar-refractivity contribution in [1.29, 1.82) is 0 Å². The smallest absolute Gasteiger partial charge is 0.314 e. The Labute approximate surface area is 133 Å². The molecule has 0 unspecified atom stereocenters. The highest BCUT2D eigenvalue weighted by Crippen LogP contribution is 2.40. The molecule has 0 aliphatic carbocycles. The predicted molar refractivity (Wildman–Crippen MR) is 81.4 cm³/mol. The van der Waals surface area contributed by atoms with Crippen LogP contribution in [0.1, 0.15) is 22.7 Å². The van der Waals surface area contributed by atoms with Crippen LogP contribution in [-0.4, -0.2) is 37.3 Å². The fourth-order valence-electron chi connectivity index (χ4n) is 2.22. The number of nitrogens with zero attached hydrogens (tertiary/aromatic N) is 1. The number of alkyl halides is 3. The highest BCUT2D eigenvalue weighted by molar-refractivity contribution is 7.12. The summed E-state index contributed by atoms with van der Waals surface area (Å²) in [7, 11) is 0. The van der Waals surface area contributed by atoms with E-state index in [2.05, 4.69) is 5.32 Å². The van der Waals surface area contributed by atoms with Crippen molar-refractivity contribution < 1.29 is 13.2 Å². The molecular formula is C12H19Cl2F3N2S. The fourth-order valence-corrected chi connectivity index (χ4v) is 3.33. The average Bonchev–Trinajstić information content (AvgIpc) is 2.77. The van der Waals surface area contributed by atoms with Crippen molar-refractivity contribution in [2.75, 3.05) is 26.2 Å². The summed E-state index contributed by atoms with van der Waals surface area (Å²) in [5, 5.41) is 3.08. The molecule has 0 bridgehead atoms. The molecule has 2 rings (SSSR count). The van der Waals surface area contributed by atoms with E-state index in [1.165, 1.54) is 16.2 Å². The molecule has 118 valence electrons. The van der Waals surface area contributed by atoms with Gasteiger partial charge in [-0.2, -0.15) is 13.2 Å². The van der Waals surface area contributed by atoms with E-state index in [4.69, 9.17) is 0 Å². The average molecular weight is 351 g/mol. The summed E-state index contributed by atoms with van der Waals surface area (Å²) >= 11 is 1.28. The highest BCUT2D eigenvalue weighted by atomic mass is 35.5. The second-order valence-electron chi connectivity index (χ2n) is 4.39. The third-order valence-corrected chi connectivity index (χ3v) is 4.41. The molecule has 1 aliphatic heterocycles. The molecule has 1 N–H and O–H groups in total. The van der Waals surface area contributed by atoms with E-state index < -0.39 is 12.2 Å². The maximum atomic E-state index is 13.2. The number of nitrogens with one attached hydrogen (secondary N) is 1. The minimum Gasteiger partial charge on any atom is -0.314 e. The van der Waals surface area contributed by atoms with E-state index in [1.807, 2.05) is 6.92 Å². The van der Waals surface area contributed by atoms with E-state index in [0.29, 0.717) is 31.1 Å². The first kappa shape index (κ1) is 20.0. The van der Waals surface area contributed by atoms with Crippen molar-refractivity contribution in [3.63, 3.8) is 0 Å².